The van der Waals surface area contributed by atoms with Gasteiger partial charge in [0.25, 0.3) is 5.56 Å². The Morgan fingerprint density at radius 3 is 2.65 bits per heavy atom. The van der Waals surface area contributed by atoms with Crippen LogP contribution in [0.25, 0.3) is 16.9 Å². The molecule has 4 rings (SSSR count). The van der Waals surface area contributed by atoms with Crippen molar-refractivity contribution in [2.24, 2.45) is 7.05 Å². The number of hydrogen-bond donors (Lipinski definition) is 3. The van der Waals surface area contributed by atoms with Crippen LogP contribution in [-0.2, 0) is 11.8 Å². The van der Waals surface area contributed by atoms with E-state index in [4.69, 9.17) is 9.47 Å². The Balaban J connectivity index is 2.04. The van der Waals surface area contributed by atoms with E-state index >= 15 is 0 Å². The number of ether oxygens (including phenoxy) is 2. The van der Waals surface area contributed by atoms with Crippen LogP contribution < -0.4 is 10.3 Å². The monoisotopic (exact) mass is 365 g/mol. The maximum absolute atomic E-state index is 12.8. The first kappa shape index (κ1) is 17.0. The molecule has 1 aliphatic rings. The highest BCUT2D eigenvalue weighted by Gasteiger charge is 2.45. The molecule has 0 aromatic carbocycles. The van der Waals surface area contributed by atoms with Crippen molar-refractivity contribution in [3.8, 4) is 6.01 Å². The van der Waals surface area contributed by atoms with E-state index in [0.29, 0.717) is 17.1 Å². The second kappa shape index (κ2) is 5.77. The van der Waals surface area contributed by atoms with E-state index in [1.54, 1.807) is 24.7 Å². The molecule has 1 fully saturated rings. The average molecular weight is 365 g/mol. The minimum atomic E-state index is -1.34. The Labute approximate surface area is 146 Å². The smallest absolute Gasteiger partial charge is 0.300 e. The maximum Gasteiger partial charge on any atom is 0.300 e. The van der Waals surface area contributed by atoms with Gasteiger partial charge in [0, 0.05) is 13.2 Å². The third-order valence-corrected chi connectivity index (χ3v) is 4.65. The molecule has 11 nitrogen and oxygen atoms in total. The van der Waals surface area contributed by atoms with Gasteiger partial charge in [-0.1, -0.05) is 0 Å². The quantitative estimate of drug-likeness (QED) is 0.500. The third-order valence-electron chi connectivity index (χ3n) is 4.65. The number of aliphatic hydroxyl groups excluding tert-OH is 3. The molecule has 0 saturated carbocycles. The molecule has 0 radical (unpaired) electrons. The summed E-state index contributed by atoms with van der Waals surface area (Å²) in [7, 11) is 3.07. The lowest BCUT2D eigenvalue weighted by atomic mass is 10.1. The Kier molecular flexibility index (Phi) is 3.77. The van der Waals surface area contributed by atoms with Crippen molar-refractivity contribution >= 4 is 16.9 Å². The Bertz CT molecular complexity index is 1050. The van der Waals surface area contributed by atoms with Gasteiger partial charge in [0.2, 0.25) is 5.78 Å². The van der Waals surface area contributed by atoms with Crippen LogP contribution in [0.3, 0.4) is 0 Å². The lowest BCUT2D eigenvalue weighted by molar-refractivity contribution is -0.0539. The molecule has 0 amide bonds. The number of hydrogen-bond acceptors (Lipinski definition) is 8. The van der Waals surface area contributed by atoms with Gasteiger partial charge in [-0.15, -0.1) is 0 Å². The zero-order valence-corrected chi connectivity index (χ0v) is 14.4. The topological polar surface area (TPSA) is 136 Å². The molecule has 11 heteroatoms. The summed E-state index contributed by atoms with van der Waals surface area (Å²) in [5.74, 6) is 0.385. The molecule has 0 spiro atoms. The van der Waals surface area contributed by atoms with Crippen molar-refractivity contribution in [3.05, 3.63) is 22.2 Å². The summed E-state index contributed by atoms with van der Waals surface area (Å²) in [6.07, 6.45) is -3.08. The first-order valence-corrected chi connectivity index (χ1v) is 8.02. The van der Waals surface area contributed by atoms with E-state index in [1.807, 2.05) is 0 Å². The molecule has 3 N–H and O–H groups in total. The molecular formula is C15H19N5O6. The summed E-state index contributed by atoms with van der Waals surface area (Å²) in [4.78, 5) is 21.4. The predicted octanol–water partition coefficient (Wildman–Crippen LogP) is -1.69. The summed E-state index contributed by atoms with van der Waals surface area (Å²) in [6.45, 7) is 1.30. The van der Waals surface area contributed by atoms with Crippen molar-refractivity contribution < 1.29 is 24.8 Å². The van der Waals surface area contributed by atoms with Gasteiger partial charge >= 0.3 is 6.01 Å². The molecule has 1 saturated heterocycles. The SMILES string of the molecule is COc1nc2c(=O)n3cc(C)nc3n(C)c2n1[C@@H]1O[C@H](CO)[C@@H](O)[C@H]1O. The minimum Gasteiger partial charge on any atom is -0.468 e. The van der Waals surface area contributed by atoms with Crippen LogP contribution in [-0.4, -0.2) is 70.9 Å². The van der Waals surface area contributed by atoms with Gasteiger partial charge < -0.3 is 24.8 Å². The van der Waals surface area contributed by atoms with E-state index in [0.717, 1.165) is 0 Å². The molecule has 26 heavy (non-hydrogen) atoms. The molecule has 4 atom stereocenters. The fraction of sp³-hybridized carbons (Fsp3) is 0.533. The summed E-state index contributed by atoms with van der Waals surface area (Å²) < 4.78 is 15.3. The third kappa shape index (κ3) is 2.11. The Morgan fingerprint density at radius 1 is 1.31 bits per heavy atom. The van der Waals surface area contributed by atoms with Crippen molar-refractivity contribution in [1.82, 2.24) is 23.5 Å². The lowest BCUT2D eigenvalue weighted by Crippen LogP contribution is -2.33. The fourth-order valence-electron chi connectivity index (χ4n) is 3.41. The molecule has 4 heterocycles. The highest BCUT2D eigenvalue weighted by molar-refractivity contribution is 5.75. The second-order valence-corrected chi connectivity index (χ2v) is 6.29. The van der Waals surface area contributed by atoms with E-state index < -0.39 is 36.7 Å². The van der Waals surface area contributed by atoms with Gasteiger partial charge in [-0.3, -0.25) is 9.36 Å². The maximum atomic E-state index is 12.8. The summed E-state index contributed by atoms with van der Waals surface area (Å²) in [5.41, 5.74) is 0.695. The summed E-state index contributed by atoms with van der Waals surface area (Å²) in [5, 5.41) is 29.8. The van der Waals surface area contributed by atoms with Crippen molar-refractivity contribution in [2.75, 3.05) is 13.7 Å². The number of aliphatic hydroxyl groups is 3. The first-order valence-electron chi connectivity index (χ1n) is 8.02. The molecule has 0 unspecified atom stereocenters. The number of rotatable bonds is 3. The van der Waals surface area contributed by atoms with Crippen LogP contribution in [0.15, 0.2) is 11.0 Å². The first-order chi connectivity index (χ1) is 12.4. The van der Waals surface area contributed by atoms with Crippen molar-refractivity contribution in [2.45, 2.75) is 31.5 Å². The molecule has 0 bridgehead atoms. The summed E-state index contributed by atoms with van der Waals surface area (Å²) in [6, 6.07) is 0.0347. The van der Waals surface area contributed by atoms with Gasteiger partial charge in [-0.05, 0) is 6.92 Å². The molecule has 1 aliphatic heterocycles. The predicted molar refractivity (Wildman–Crippen MR) is 88.0 cm³/mol. The number of nitrogens with zero attached hydrogens (tertiary/aromatic N) is 5. The number of methoxy groups -OCH3 is 1. The Hall–Kier alpha value is -2.47. The highest BCUT2D eigenvalue weighted by atomic mass is 16.6. The zero-order valence-electron chi connectivity index (χ0n) is 14.4. The van der Waals surface area contributed by atoms with Gasteiger partial charge in [0.15, 0.2) is 17.4 Å². The van der Waals surface area contributed by atoms with Crippen LogP contribution in [0.2, 0.25) is 0 Å². The lowest BCUT2D eigenvalue weighted by Gasteiger charge is -2.19. The van der Waals surface area contributed by atoms with Crippen LogP contribution in [0.5, 0.6) is 6.01 Å². The minimum absolute atomic E-state index is 0.0347. The highest BCUT2D eigenvalue weighted by Crippen LogP contribution is 2.35. The van der Waals surface area contributed by atoms with Gasteiger partial charge in [-0.2, -0.15) is 4.98 Å². The molecule has 3 aromatic rings. The van der Waals surface area contributed by atoms with Crippen LogP contribution in [0.1, 0.15) is 11.9 Å². The van der Waals surface area contributed by atoms with E-state index in [9.17, 15) is 20.1 Å². The molecular weight excluding hydrogens is 346 g/mol. The van der Waals surface area contributed by atoms with Crippen LogP contribution >= 0.6 is 0 Å². The standard InChI is InChI=1S/C15H19N5O6/c1-6-4-19-12(24)8-11(18(2)14(19)16-6)20(15(17-8)25-3)13-10(23)9(22)7(5-21)26-13/h4,7,9-10,13,21-23H,5H2,1-3H3/t7-,9-,10-,13-/m1/s1. The van der Waals surface area contributed by atoms with Crippen molar-refractivity contribution in [1.29, 1.82) is 0 Å². The molecule has 3 aromatic heterocycles. The number of imidazole rings is 2. The van der Waals surface area contributed by atoms with E-state index in [1.165, 1.54) is 16.1 Å². The molecule has 140 valence electrons. The number of aromatic nitrogens is 5. The average Bonchev–Trinajstić information content (AvgIpc) is 3.28. The fourth-order valence-corrected chi connectivity index (χ4v) is 3.41. The van der Waals surface area contributed by atoms with Crippen LogP contribution in [0.4, 0.5) is 0 Å². The zero-order chi connectivity index (χ0) is 18.7. The van der Waals surface area contributed by atoms with Crippen LogP contribution in [0, 0.1) is 6.92 Å². The van der Waals surface area contributed by atoms with E-state index in [-0.39, 0.29) is 11.5 Å². The largest absolute Gasteiger partial charge is 0.468 e. The summed E-state index contributed by atoms with van der Waals surface area (Å²) >= 11 is 0. The van der Waals surface area contributed by atoms with Gasteiger partial charge in [0.1, 0.15) is 18.3 Å². The normalized spacial score (nSPS) is 26.2. The Morgan fingerprint density at radius 2 is 2.04 bits per heavy atom. The number of aryl methyl sites for hydroxylation is 2. The molecule has 0 aliphatic carbocycles. The number of fused-ring (bicyclic) bond motifs is 2. The van der Waals surface area contributed by atoms with Crippen molar-refractivity contribution in [3.63, 3.8) is 0 Å². The van der Waals surface area contributed by atoms with Gasteiger partial charge in [0.05, 0.1) is 19.4 Å². The van der Waals surface area contributed by atoms with Gasteiger partial charge in [-0.25, -0.2) is 14.0 Å². The van der Waals surface area contributed by atoms with E-state index in [2.05, 4.69) is 9.97 Å². The second-order valence-electron chi connectivity index (χ2n) is 6.29.